The Labute approximate surface area is 205 Å². The van der Waals surface area contributed by atoms with Gasteiger partial charge in [-0.25, -0.2) is 9.18 Å². The molecular weight excluding hydrogens is 465 g/mol. The molecule has 2 aromatic carbocycles. The number of phenolic OH excluding ortho intramolecular Hbond substituents is 1. The zero-order valence-corrected chi connectivity index (χ0v) is 19.3. The van der Waals surface area contributed by atoms with E-state index in [1.54, 1.807) is 36.4 Å². The van der Waals surface area contributed by atoms with Gasteiger partial charge in [-0.05, 0) is 37.1 Å². The summed E-state index contributed by atoms with van der Waals surface area (Å²) in [5.41, 5.74) is 2.31. The molecule has 2 aromatic heterocycles. The van der Waals surface area contributed by atoms with Crippen molar-refractivity contribution in [1.82, 2.24) is 20.3 Å². The van der Waals surface area contributed by atoms with Gasteiger partial charge < -0.3 is 20.3 Å². The topological polar surface area (TPSA) is 122 Å². The number of hydrogen-bond acceptors (Lipinski definition) is 6. The van der Waals surface area contributed by atoms with Crippen molar-refractivity contribution >= 4 is 17.6 Å². The molecule has 0 radical (unpaired) electrons. The van der Waals surface area contributed by atoms with Gasteiger partial charge in [-0.2, -0.15) is 9.78 Å². The van der Waals surface area contributed by atoms with Crippen molar-refractivity contribution in [3.8, 4) is 17.0 Å². The number of carbonyl (C=O) groups excluding carboxylic acids is 2. The number of nitrogens with zero attached hydrogens (tertiary/aromatic N) is 3. The highest BCUT2D eigenvalue weighted by Crippen LogP contribution is 2.38. The molecule has 1 aliphatic rings. The van der Waals surface area contributed by atoms with E-state index in [1.807, 2.05) is 0 Å². The summed E-state index contributed by atoms with van der Waals surface area (Å²) in [7, 11) is 0. The summed E-state index contributed by atoms with van der Waals surface area (Å²) in [4.78, 5) is 25.3. The summed E-state index contributed by atoms with van der Waals surface area (Å²) in [6.07, 6.45) is 5.36. The molecule has 4 aromatic rings. The minimum atomic E-state index is -0.501. The van der Waals surface area contributed by atoms with Crippen LogP contribution in [0.4, 0.5) is 14.9 Å². The normalized spacial score (nSPS) is 13.6. The van der Waals surface area contributed by atoms with Gasteiger partial charge >= 0.3 is 6.03 Å². The summed E-state index contributed by atoms with van der Waals surface area (Å²) in [5.74, 6) is -0.804. The summed E-state index contributed by atoms with van der Waals surface area (Å²) in [6, 6.07) is 13.7. The molecule has 0 saturated heterocycles. The van der Waals surface area contributed by atoms with E-state index in [-0.39, 0.29) is 24.0 Å². The summed E-state index contributed by atoms with van der Waals surface area (Å²) in [5, 5.41) is 24.1. The average Bonchev–Trinajstić information content (AvgIpc) is 3.65. The van der Waals surface area contributed by atoms with Gasteiger partial charge in [-0.15, -0.1) is 0 Å². The second-order valence-electron chi connectivity index (χ2n) is 8.66. The Balaban J connectivity index is 1.39. The molecule has 0 atom stereocenters. The molecule has 36 heavy (non-hydrogen) atoms. The predicted molar refractivity (Wildman–Crippen MR) is 129 cm³/mol. The molecule has 2 amide bonds. The number of phenols is 1. The van der Waals surface area contributed by atoms with Crippen LogP contribution in [0, 0.1) is 5.82 Å². The molecule has 184 valence electrons. The maximum Gasteiger partial charge on any atom is 0.342 e. The number of carbonyl (C=O) groups is 2. The number of rotatable bonds is 6. The van der Waals surface area contributed by atoms with Gasteiger partial charge in [-0.1, -0.05) is 36.2 Å². The second kappa shape index (κ2) is 10.0. The lowest BCUT2D eigenvalue weighted by atomic mass is 10.0. The number of amides is 2. The van der Waals surface area contributed by atoms with Gasteiger partial charge in [0.2, 0.25) is 5.76 Å². The van der Waals surface area contributed by atoms with E-state index in [0.717, 1.165) is 31.4 Å². The highest BCUT2D eigenvalue weighted by atomic mass is 19.1. The fourth-order valence-electron chi connectivity index (χ4n) is 4.44. The predicted octanol–water partition coefficient (Wildman–Crippen LogP) is 5.05. The molecule has 1 aliphatic carbocycles. The van der Waals surface area contributed by atoms with Crippen LogP contribution in [0.2, 0.25) is 0 Å². The summed E-state index contributed by atoms with van der Waals surface area (Å²) >= 11 is 0. The third-order valence-corrected chi connectivity index (χ3v) is 6.28. The minimum absolute atomic E-state index is 0.0235. The first kappa shape index (κ1) is 23.3. The standard InChI is InChI=1S/C26H24FN5O4/c27-20-8-4-3-7-17(20)15-28-26(35)32-22(16-5-1-2-6-16)14-21(31-32)19-10-9-18(13-23(19)33)30-25(34)24-11-12-29-36-24/h3-4,7-14,16,33H,1-2,5-6,15H2,(H,28,35)(H,30,34). The van der Waals surface area contributed by atoms with Gasteiger partial charge in [0.1, 0.15) is 11.6 Å². The zero-order chi connectivity index (χ0) is 25.1. The smallest absolute Gasteiger partial charge is 0.342 e. The molecule has 9 nitrogen and oxygen atoms in total. The molecule has 5 rings (SSSR count). The van der Waals surface area contributed by atoms with Crippen LogP contribution in [0.3, 0.4) is 0 Å². The SMILES string of the molecule is O=C(Nc1ccc(-c2cc(C3CCCC3)n(C(=O)NCc3ccccc3F)n2)c(O)c1)c1ccno1. The Morgan fingerprint density at radius 2 is 1.92 bits per heavy atom. The number of benzene rings is 2. The van der Waals surface area contributed by atoms with E-state index in [1.165, 1.54) is 29.1 Å². The first-order valence-corrected chi connectivity index (χ1v) is 11.7. The van der Waals surface area contributed by atoms with Crippen LogP contribution >= 0.6 is 0 Å². The Morgan fingerprint density at radius 1 is 1.11 bits per heavy atom. The molecule has 1 fully saturated rings. The number of aromatic hydroxyl groups is 1. The molecular formula is C26H24FN5O4. The van der Waals surface area contributed by atoms with E-state index in [0.29, 0.717) is 22.5 Å². The van der Waals surface area contributed by atoms with Crippen molar-refractivity contribution < 1.29 is 23.6 Å². The third-order valence-electron chi connectivity index (χ3n) is 6.28. The summed E-state index contributed by atoms with van der Waals surface area (Å²) < 4.78 is 20.1. The monoisotopic (exact) mass is 489 g/mol. The highest BCUT2D eigenvalue weighted by Gasteiger charge is 2.26. The van der Waals surface area contributed by atoms with Crippen LogP contribution in [-0.4, -0.2) is 32.0 Å². The van der Waals surface area contributed by atoms with Crippen LogP contribution in [0.25, 0.3) is 11.3 Å². The number of hydrogen-bond donors (Lipinski definition) is 3. The van der Waals surface area contributed by atoms with Crippen molar-refractivity contribution in [3.05, 3.63) is 83.6 Å². The van der Waals surface area contributed by atoms with E-state index in [9.17, 15) is 19.1 Å². The highest BCUT2D eigenvalue weighted by molar-refractivity contribution is 6.02. The zero-order valence-electron chi connectivity index (χ0n) is 19.3. The van der Waals surface area contributed by atoms with Gasteiger partial charge in [0.15, 0.2) is 0 Å². The number of halogens is 1. The quantitative estimate of drug-likeness (QED) is 0.348. The molecule has 0 spiro atoms. The van der Waals surface area contributed by atoms with Gasteiger partial charge in [-0.3, -0.25) is 4.79 Å². The van der Waals surface area contributed by atoms with Crippen molar-refractivity contribution in [1.29, 1.82) is 0 Å². The molecule has 1 saturated carbocycles. The number of nitrogens with one attached hydrogen (secondary N) is 2. The van der Waals surface area contributed by atoms with Crippen LogP contribution in [-0.2, 0) is 6.54 Å². The summed E-state index contributed by atoms with van der Waals surface area (Å²) in [6.45, 7) is 0.0235. The maximum atomic E-state index is 14.0. The van der Waals surface area contributed by atoms with Crippen LogP contribution < -0.4 is 10.6 Å². The van der Waals surface area contributed by atoms with Crippen molar-refractivity contribution in [2.45, 2.75) is 38.1 Å². The van der Waals surface area contributed by atoms with Crippen molar-refractivity contribution in [2.75, 3.05) is 5.32 Å². The molecule has 3 N–H and O–H groups in total. The van der Waals surface area contributed by atoms with E-state index in [4.69, 9.17) is 4.52 Å². The Morgan fingerprint density at radius 3 is 2.64 bits per heavy atom. The first-order chi connectivity index (χ1) is 17.5. The molecule has 0 unspecified atom stereocenters. The van der Waals surface area contributed by atoms with Gasteiger partial charge in [0.05, 0.1) is 17.6 Å². The maximum absolute atomic E-state index is 14.0. The van der Waals surface area contributed by atoms with Gasteiger partial charge in [0.25, 0.3) is 5.91 Å². The van der Waals surface area contributed by atoms with Crippen molar-refractivity contribution in [2.24, 2.45) is 0 Å². The Hall–Kier alpha value is -4.47. The lowest BCUT2D eigenvalue weighted by Gasteiger charge is -2.12. The second-order valence-corrected chi connectivity index (χ2v) is 8.66. The third kappa shape index (κ3) is 4.83. The average molecular weight is 490 g/mol. The van der Waals surface area contributed by atoms with E-state index < -0.39 is 17.8 Å². The number of anilines is 1. The van der Waals surface area contributed by atoms with E-state index in [2.05, 4.69) is 20.9 Å². The fraction of sp³-hybridized carbons (Fsp3) is 0.231. The number of aromatic nitrogens is 3. The first-order valence-electron chi connectivity index (χ1n) is 11.7. The van der Waals surface area contributed by atoms with Crippen LogP contribution in [0.1, 0.15) is 53.4 Å². The largest absolute Gasteiger partial charge is 0.507 e. The lowest BCUT2D eigenvalue weighted by molar-refractivity contribution is 0.0988. The lowest BCUT2D eigenvalue weighted by Crippen LogP contribution is -2.31. The van der Waals surface area contributed by atoms with Crippen LogP contribution in [0.5, 0.6) is 5.75 Å². The molecule has 2 heterocycles. The van der Waals surface area contributed by atoms with Gasteiger partial charge in [0, 0.05) is 41.4 Å². The van der Waals surface area contributed by atoms with E-state index >= 15 is 0 Å². The van der Waals surface area contributed by atoms with Crippen LogP contribution in [0.15, 0.2) is 65.3 Å². The molecule has 0 bridgehead atoms. The Bertz CT molecular complexity index is 1390. The fourth-order valence-corrected chi connectivity index (χ4v) is 4.44. The Kier molecular flexibility index (Phi) is 6.48. The minimum Gasteiger partial charge on any atom is -0.507 e. The molecule has 0 aliphatic heterocycles. The molecule has 10 heteroatoms. The van der Waals surface area contributed by atoms with Crippen molar-refractivity contribution in [3.63, 3.8) is 0 Å².